The molecule has 12 heteroatoms. The van der Waals surface area contributed by atoms with Gasteiger partial charge in [-0.15, -0.1) is 0 Å². The molecular formula is C17H16ClF5N2O4. The van der Waals surface area contributed by atoms with Crippen molar-refractivity contribution in [1.82, 2.24) is 4.90 Å². The number of rotatable bonds is 4. The van der Waals surface area contributed by atoms with E-state index in [4.69, 9.17) is 26.8 Å². The first-order valence-electron chi connectivity index (χ1n) is 8.58. The molecule has 0 saturated carbocycles. The Hall–Kier alpha value is -2.14. The highest BCUT2D eigenvalue weighted by Gasteiger charge is 2.49. The predicted molar refractivity (Wildman–Crippen MR) is 88.8 cm³/mol. The Labute approximate surface area is 166 Å². The summed E-state index contributed by atoms with van der Waals surface area (Å²) in [4.78, 5) is 24.8. The van der Waals surface area contributed by atoms with Crippen LogP contribution in [0.3, 0.4) is 0 Å². The molecule has 2 saturated heterocycles. The van der Waals surface area contributed by atoms with Crippen molar-refractivity contribution in [1.29, 1.82) is 0 Å². The highest BCUT2D eigenvalue weighted by atomic mass is 35.5. The second kappa shape index (κ2) is 7.94. The van der Waals surface area contributed by atoms with Gasteiger partial charge in [-0.1, -0.05) is 17.7 Å². The molecule has 1 aromatic rings. The Morgan fingerprint density at radius 2 is 1.93 bits per heavy atom. The number of cyclic esters (lactones) is 1. The topological polar surface area (TPSA) is 81.9 Å². The monoisotopic (exact) mass is 442 g/mol. The Balaban J connectivity index is 2.01. The van der Waals surface area contributed by atoms with Gasteiger partial charge in [-0.3, -0.25) is 9.69 Å². The van der Waals surface area contributed by atoms with Gasteiger partial charge in [0.1, 0.15) is 29.3 Å². The van der Waals surface area contributed by atoms with Crippen LogP contribution in [0.5, 0.6) is 0 Å². The van der Waals surface area contributed by atoms with Crippen molar-refractivity contribution in [3.05, 3.63) is 34.4 Å². The van der Waals surface area contributed by atoms with Gasteiger partial charge >= 0.3 is 12.3 Å². The van der Waals surface area contributed by atoms with Crippen LogP contribution in [0.15, 0.2) is 12.1 Å². The molecule has 3 rings (SSSR count). The van der Waals surface area contributed by atoms with E-state index in [0.717, 1.165) is 17.0 Å². The molecule has 2 aliphatic heterocycles. The van der Waals surface area contributed by atoms with Gasteiger partial charge in [0.25, 0.3) is 0 Å². The maximum absolute atomic E-state index is 14.7. The minimum absolute atomic E-state index is 0.210. The van der Waals surface area contributed by atoms with E-state index in [2.05, 4.69) is 0 Å². The molecule has 4 atom stereocenters. The molecule has 0 aliphatic carbocycles. The first-order valence-corrected chi connectivity index (χ1v) is 8.96. The van der Waals surface area contributed by atoms with Gasteiger partial charge in [0, 0.05) is 5.56 Å². The van der Waals surface area contributed by atoms with Crippen LogP contribution in [0.25, 0.3) is 0 Å². The van der Waals surface area contributed by atoms with Crippen LogP contribution < -0.4 is 5.73 Å². The number of halogens is 6. The normalized spacial score (nSPS) is 26.3. The summed E-state index contributed by atoms with van der Waals surface area (Å²) in [5.41, 5.74) is 4.96. The molecule has 6 nitrogen and oxygen atoms in total. The molecule has 0 radical (unpaired) electrons. The van der Waals surface area contributed by atoms with Crippen LogP contribution in [0, 0.1) is 17.6 Å². The zero-order chi connectivity index (χ0) is 21.5. The molecule has 0 aromatic heterocycles. The Kier molecular flexibility index (Phi) is 5.91. The third-order valence-electron chi connectivity index (χ3n) is 5.05. The Morgan fingerprint density at radius 1 is 1.24 bits per heavy atom. The summed E-state index contributed by atoms with van der Waals surface area (Å²) in [6.07, 6.45) is -7.19. The van der Waals surface area contributed by atoms with E-state index < -0.39 is 72.2 Å². The fourth-order valence-electron chi connectivity index (χ4n) is 3.54. The second-order valence-electron chi connectivity index (χ2n) is 6.80. The zero-order valence-corrected chi connectivity index (χ0v) is 15.5. The summed E-state index contributed by atoms with van der Waals surface area (Å²) in [6.45, 7) is -1.13. The van der Waals surface area contributed by atoms with Crippen molar-refractivity contribution in [3.8, 4) is 0 Å². The van der Waals surface area contributed by atoms with E-state index in [9.17, 15) is 31.5 Å². The van der Waals surface area contributed by atoms with E-state index in [1.54, 1.807) is 0 Å². The minimum atomic E-state index is -4.48. The van der Waals surface area contributed by atoms with Gasteiger partial charge < -0.3 is 15.2 Å². The van der Waals surface area contributed by atoms with Crippen LogP contribution >= 0.6 is 11.6 Å². The fraction of sp³-hybridized carbons (Fsp3) is 0.529. The molecule has 2 heterocycles. The number of primary amides is 1. The van der Waals surface area contributed by atoms with Gasteiger partial charge in [-0.05, 0) is 18.9 Å². The predicted octanol–water partition coefficient (Wildman–Crippen LogP) is 3.32. The number of ether oxygens (including phenoxy) is 2. The molecule has 1 unspecified atom stereocenters. The Morgan fingerprint density at radius 3 is 2.48 bits per heavy atom. The van der Waals surface area contributed by atoms with Crippen LogP contribution in [-0.2, 0) is 14.3 Å². The molecule has 2 aliphatic rings. The summed E-state index contributed by atoms with van der Waals surface area (Å²) in [7, 11) is 0. The van der Waals surface area contributed by atoms with Crippen molar-refractivity contribution < 1.29 is 41.0 Å². The number of nitrogens with two attached hydrogens (primary N) is 1. The van der Waals surface area contributed by atoms with E-state index in [0.29, 0.717) is 0 Å². The second-order valence-corrected chi connectivity index (χ2v) is 7.18. The van der Waals surface area contributed by atoms with Gasteiger partial charge in [-0.2, -0.15) is 13.2 Å². The summed E-state index contributed by atoms with van der Waals surface area (Å²) >= 11 is 5.62. The Bertz CT molecular complexity index is 814. The summed E-state index contributed by atoms with van der Waals surface area (Å²) in [6, 6.07) is -0.866. The lowest BCUT2D eigenvalue weighted by Crippen LogP contribution is -2.50. The molecular weight excluding hydrogens is 427 g/mol. The van der Waals surface area contributed by atoms with Gasteiger partial charge in [-0.25, -0.2) is 13.6 Å². The zero-order valence-electron chi connectivity index (χ0n) is 14.7. The standard InChI is InChI=1S/C17H16ClF5N2O4/c18-12-9(19)3-2-8(13(12)20)14(25-10(15(24)26)6-29-16(25)27)11-4-1-7(5-28-11)17(21,22)23/h2-3,7,10-11,14H,1,4-6H2,(H2,24,26)/t7-,10?,11+,14-/m1/s1. The number of hydrogen-bond donors (Lipinski definition) is 1. The van der Waals surface area contributed by atoms with Crippen LogP contribution in [-0.4, -0.2) is 48.4 Å². The van der Waals surface area contributed by atoms with Crippen molar-refractivity contribution in [2.75, 3.05) is 13.2 Å². The maximum Gasteiger partial charge on any atom is 0.411 e. The van der Waals surface area contributed by atoms with Crippen LogP contribution in [0.4, 0.5) is 26.7 Å². The van der Waals surface area contributed by atoms with E-state index in [1.807, 2.05) is 0 Å². The van der Waals surface area contributed by atoms with Gasteiger partial charge in [0.05, 0.1) is 24.7 Å². The molecule has 0 spiro atoms. The number of nitrogens with zero attached hydrogens (tertiary/aromatic N) is 1. The molecule has 29 heavy (non-hydrogen) atoms. The first-order chi connectivity index (χ1) is 13.5. The summed E-state index contributed by atoms with van der Waals surface area (Å²) in [5.74, 6) is -4.97. The largest absolute Gasteiger partial charge is 0.447 e. The molecule has 2 N–H and O–H groups in total. The van der Waals surface area contributed by atoms with Crippen molar-refractivity contribution in [3.63, 3.8) is 0 Å². The quantitative estimate of drug-likeness (QED) is 0.573. The van der Waals surface area contributed by atoms with Crippen molar-refractivity contribution >= 4 is 23.6 Å². The van der Waals surface area contributed by atoms with E-state index >= 15 is 0 Å². The average Bonchev–Trinajstić information content (AvgIpc) is 3.03. The number of benzene rings is 1. The maximum atomic E-state index is 14.7. The van der Waals surface area contributed by atoms with E-state index in [-0.39, 0.29) is 18.4 Å². The summed E-state index contributed by atoms with van der Waals surface area (Å²) < 4.78 is 77.3. The molecule has 1 aromatic carbocycles. The number of alkyl halides is 3. The summed E-state index contributed by atoms with van der Waals surface area (Å²) in [5, 5.41) is -0.861. The lowest BCUT2D eigenvalue weighted by molar-refractivity contribution is -0.212. The van der Waals surface area contributed by atoms with E-state index in [1.165, 1.54) is 0 Å². The minimum Gasteiger partial charge on any atom is -0.447 e. The van der Waals surface area contributed by atoms with Gasteiger partial charge in [0.2, 0.25) is 5.91 Å². The lowest BCUT2D eigenvalue weighted by Gasteiger charge is -2.39. The van der Waals surface area contributed by atoms with Crippen LogP contribution in [0.2, 0.25) is 5.02 Å². The van der Waals surface area contributed by atoms with Gasteiger partial charge in [0.15, 0.2) is 0 Å². The molecule has 2 amide bonds. The first kappa shape index (κ1) is 21.6. The molecule has 2 fully saturated rings. The smallest absolute Gasteiger partial charge is 0.411 e. The number of amides is 2. The van der Waals surface area contributed by atoms with Crippen molar-refractivity contribution in [2.24, 2.45) is 11.7 Å². The lowest BCUT2D eigenvalue weighted by atomic mass is 9.89. The third-order valence-corrected chi connectivity index (χ3v) is 5.40. The average molecular weight is 443 g/mol. The SMILES string of the molecule is NC(=O)C1COC(=O)N1[C@H](c1ccc(F)c(Cl)c1F)[C@@H]1CC[C@@H](C(F)(F)F)CO1. The van der Waals surface area contributed by atoms with Crippen LogP contribution in [0.1, 0.15) is 24.4 Å². The number of carbonyl (C=O) groups is 2. The number of hydrogen-bond acceptors (Lipinski definition) is 4. The number of carbonyl (C=O) groups excluding carboxylic acids is 2. The third kappa shape index (κ3) is 4.11. The fourth-order valence-corrected chi connectivity index (χ4v) is 3.71. The highest BCUT2D eigenvalue weighted by Crippen LogP contribution is 2.42. The van der Waals surface area contributed by atoms with Crippen molar-refractivity contribution in [2.45, 2.75) is 37.2 Å². The molecule has 0 bridgehead atoms. The molecule has 160 valence electrons. The highest BCUT2D eigenvalue weighted by molar-refractivity contribution is 6.31.